The second kappa shape index (κ2) is 4.75. The fourth-order valence-electron chi connectivity index (χ4n) is 1.66. The zero-order valence-corrected chi connectivity index (χ0v) is 9.23. The number of carbonyl (C=O) groups is 1. The molecule has 3 heteroatoms. The molecule has 3 nitrogen and oxygen atoms in total. The Kier molecular flexibility index (Phi) is 3.15. The molecule has 0 fully saturated rings. The Morgan fingerprint density at radius 3 is 2.69 bits per heavy atom. The number of aryl methyl sites for hydroxylation is 3. The Balaban J connectivity index is 2.02. The van der Waals surface area contributed by atoms with Crippen LogP contribution in [0.1, 0.15) is 27.3 Å². The lowest BCUT2D eigenvalue weighted by atomic mass is 10.1. The first kappa shape index (κ1) is 10.6. The lowest BCUT2D eigenvalue weighted by molar-refractivity contribution is 0.111. The minimum absolute atomic E-state index is 0.520. The fourth-order valence-corrected chi connectivity index (χ4v) is 1.66. The quantitative estimate of drug-likeness (QED) is 0.794. The number of benzene rings is 1. The molecule has 16 heavy (non-hydrogen) atoms. The number of nitrogens with zero attached hydrogens (tertiary/aromatic N) is 1. The normalized spacial score (nSPS) is 10.3. The molecule has 1 aromatic heterocycles. The van der Waals surface area contributed by atoms with Crippen molar-refractivity contribution in [3.63, 3.8) is 0 Å². The number of hydrogen-bond donors (Lipinski definition) is 1. The smallest absolute Gasteiger partial charge is 0.170 e. The number of imidazole rings is 1. The van der Waals surface area contributed by atoms with Gasteiger partial charge in [0.15, 0.2) is 6.29 Å². The number of aromatic amines is 1. The van der Waals surface area contributed by atoms with Crippen molar-refractivity contribution in [1.29, 1.82) is 0 Å². The van der Waals surface area contributed by atoms with Gasteiger partial charge in [-0.2, -0.15) is 0 Å². The van der Waals surface area contributed by atoms with Crippen molar-refractivity contribution in [2.75, 3.05) is 0 Å². The minimum Gasteiger partial charge on any atom is -0.348 e. The van der Waals surface area contributed by atoms with Crippen LogP contribution in [0.15, 0.2) is 30.6 Å². The lowest BCUT2D eigenvalue weighted by Gasteiger charge is -2.01. The summed E-state index contributed by atoms with van der Waals surface area (Å²) in [5, 5.41) is 0. The van der Waals surface area contributed by atoms with Crippen LogP contribution in [0.25, 0.3) is 0 Å². The van der Waals surface area contributed by atoms with Crippen LogP contribution in [0.5, 0.6) is 0 Å². The third-order valence-electron chi connectivity index (χ3n) is 2.65. The van der Waals surface area contributed by atoms with Crippen molar-refractivity contribution in [3.05, 3.63) is 53.1 Å². The van der Waals surface area contributed by atoms with Gasteiger partial charge in [-0.1, -0.05) is 29.8 Å². The Morgan fingerprint density at radius 2 is 2.00 bits per heavy atom. The Morgan fingerprint density at radius 1 is 1.25 bits per heavy atom. The molecule has 0 saturated carbocycles. The van der Waals surface area contributed by atoms with Crippen LogP contribution in [-0.4, -0.2) is 16.3 Å². The highest BCUT2D eigenvalue weighted by Crippen LogP contribution is 2.08. The van der Waals surface area contributed by atoms with Crippen LogP contribution in [-0.2, 0) is 12.8 Å². The van der Waals surface area contributed by atoms with E-state index in [0.29, 0.717) is 5.69 Å². The molecule has 0 amide bonds. The molecule has 82 valence electrons. The minimum atomic E-state index is 0.520. The summed E-state index contributed by atoms with van der Waals surface area (Å²) in [5.41, 5.74) is 3.97. The van der Waals surface area contributed by atoms with Gasteiger partial charge in [-0.3, -0.25) is 4.79 Å². The van der Waals surface area contributed by atoms with Gasteiger partial charge in [-0.25, -0.2) is 4.98 Å². The molecule has 0 atom stereocenters. The Hall–Kier alpha value is -1.90. The molecule has 0 aliphatic rings. The van der Waals surface area contributed by atoms with Crippen molar-refractivity contribution in [1.82, 2.24) is 9.97 Å². The summed E-state index contributed by atoms with van der Waals surface area (Å²) in [4.78, 5) is 17.6. The molecule has 0 radical (unpaired) electrons. The second-order valence-corrected chi connectivity index (χ2v) is 3.87. The average molecular weight is 214 g/mol. The standard InChI is InChI=1S/C13H14N2O/c1-10-2-4-11(5-3-10)6-7-12-13(8-16)15-9-14-12/h2-5,8-9H,6-7H2,1H3,(H,14,15). The van der Waals surface area contributed by atoms with E-state index in [2.05, 4.69) is 41.2 Å². The third-order valence-corrected chi connectivity index (χ3v) is 2.65. The summed E-state index contributed by atoms with van der Waals surface area (Å²) in [7, 11) is 0. The number of H-pyrrole nitrogens is 1. The second-order valence-electron chi connectivity index (χ2n) is 3.87. The first-order valence-corrected chi connectivity index (χ1v) is 5.32. The largest absolute Gasteiger partial charge is 0.348 e. The summed E-state index contributed by atoms with van der Waals surface area (Å²) < 4.78 is 0. The Bertz CT molecular complexity index is 471. The van der Waals surface area contributed by atoms with E-state index in [1.54, 1.807) is 6.33 Å². The summed E-state index contributed by atoms with van der Waals surface area (Å²) in [5.74, 6) is 0. The molecule has 2 rings (SSSR count). The predicted molar refractivity (Wildman–Crippen MR) is 62.6 cm³/mol. The molecule has 1 aromatic carbocycles. The maximum Gasteiger partial charge on any atom is 0.170 e. The molecular formula is C13H14N2O. The molecule has 0 aliphatic carbocycles. The van der Waals surface area contributed by atoms with E-state index >= 15 is 0 Å². The van der Waals surface area contributed by atoms with Crippen molar-refractivity contribution in [3.8, 4) is 0 Å². The van der Waals surface area contributed by atoms with Crippen LogP contribution in [0, 0.1) is 6.92 Å². The number of aldehydes is 1. The number of rotatable bonds is 4. The van der Waals surface area contributed by atoms with Gasteiger partial charge in [0.2, 0.25) is 0 Å². The summed E-state index contributed by atoms with van der Waals surface area (Å²) in [6, 6.07) is 8.43. The zero-order valence-electron chi connectivity index (χ0n) is 9.23. The van der Waals surface area contributed by atoms with Crippen LogP contribution >= 0.6 is 0 Å². The molecule has 1 heterocycles. The SMILES string of the molecule is Cc1ccc(CCc2[nH]cnc2C=O)cc1. The van der Waals surface area contributed by atoms with Crippen LogP contribution in [0.2, 0.25) is 0 Å². The van der Waals surface area contributed by atoms with Gasteiger partial charge in [-0.15, -0.1) is 0 Å². The topological polar surface area (TPSA) is 45.8 Å². The first-order valence-electron chi connectivity index (χ1n) is 5.32. The van der Waals surface area contributed by atoms with Gasteiger partial charge in [0.05, 0.1) is 6.33 Å². The molecule has 0 aliphatic heterocycles. The van der Waals surface area contributed by atoms with Crippen molar-refractivity contribution in [2.45, 2.75) is 19.8 Å². The summed E-state index contributed by atoms with van der Waals surface area (Å²) in [6.45, 7) is 2.07. The highest BCUT2D eigenvalue weighted by molar-refractivity contribution is 5.73. The van der Waals surface area contributed by atoms with Crippen LogP contribution in [0.4, 0.5) is 0 Å². The Labute approximate surface area is 94.5 Å². The van der Waals surface area contributed by atoms with E-state index in [1.807, 2.05) is 0 Å². The molecule has 2 aromatic rings. The fraction of sp³-hybridized carbons (Fsp3) is 0.231. The average Bonchev–Trinajstić information content (AvgIpc) is 2.76. The summed E-state index contributed by atoms with van der Waals surface area (Å²) in [6.07, 6.45) is 4.09. The first-order chi connectivity index (χ1) is 7.79. The van der Waals surface area contributed by atoms with Crippen molar-refractivity contribution in [2.24, 2.45) is 0 Å². The van der Waals surface area contributed by atoms with E-state index < -0.39 is 0 Å². The lowest BCUT2D eigenvalue weighted by Crippen LogP contribution is -1.95. The van der Waals surface area contributed by atoms with E-state index in [1.165, 1.54) is 11.1 Å². The maximum absolute atomic E-state index is 10.7. The number of aromatic nitrogens is 2. The molecule has 0 spiro atoms. The maximum atomic E-state index is 10.7. The molecule has 1 N–H and O–H groups in total. The van der Waals surface area contributed by atoms with Gasteiger partial charge < -0.3 is 4.98 Å². The molecule has 0 saturated heterocycles. The molecular weight excluding hydrogens is 200 g/mol. The van der Waals surface area contributed by atoms with E-state index in [-0.39, 0.29) is 0 Å². The van der Waals surface area contributed by atoms with Crippen molar-refractivity contribution >= 4 is 6.29 Å². The summed E-state index contributed by atoms with van der Waals surface area (Å²) >= 11 is 0. The number of nitrogens with one attached hydrogen (secondary N) is 1. The highest BCUT2D eigenvalue weighted by Gasteiger charge is 2.04. The third kappa shape index (κ3) is 2.37. The van der Waals surface area contributed by atoms with E-state index in [9.17, 15) is 4.79 Å². The van der Waals surface area contributed by atoms with Gasteiger partial charge in [0.1, 0.15) is 5.69 Å². The van der Waals surface area contributed by atoms with Crippen molar-refractivity contribution < 1.29 is 4.79 Å². The molecule has 0 bridgehead atoms. The van der Waals surface area contributed by atoms with E-state index in [4.69, 9.17) is 0 Å². The van der Waals surface area contributed by atoms with Gasteiger partial charge in [0.25, 0.3) is 0 Å². The number of carbonyl (C=O) groups excluding carboxylic acids is 1. The molecule has 0 unspecified atom stereocenters. The van der Waals surface area contributed by atoms with Crippen LogP contribution < -0.4 is 0 Å². The zero-order chi connectivity index (χ0) is 11.4. The van der Waals surface area contributed by atoms with Gasteiger partial charge in [-0.05, 0) is 25.3 Å². The van der Waals surface area contributed by atoms with Crippen LogP contribution in [0.3, 0.4) is 0 Å². The van der Waals surface area contributed by atoms with E-state index in [0.717, 1.165) is 24.8 Å². The number of hydrogen-bond acceptors (Lipinski definition) is 2. The highest BCUT2D eigenvalue weighted by atomic mass is 16.1. The van der Waals surface area contributed by atoms with Gasteiger partial charge in [0, 0.05) is 5.69 Å². The monoisotopic (exact) mass is 214 g/mol. The van der Waals surface area contributed by atoms with Gasteiger partial charge >= 0.3 is 0 Å². The predicted octanol–water partition coefficient (Wildman–Crippen LogP) is 2.32.